The maximum Gasteiger partial charge on any atom is 0.161 e. The number of hydrogen-bond acceptors (Lipinski definition) is 2. The van der Waals surface area contributed by atoms with Gasteiger partial charge in [0.05, 0.1) is 7.11 Å². The standard InChI is InChI=1S/C10H11IO2/c1-3-6-13-9-5-4-8(11)7-10(9)12-2/h3-5,7H,1,6H2,2H3. The van der Waals surface area contributed by atoms with Crippen LogP contribution in [-0.2, 0) is 0 Å². The first-order chi connectivity index (χ1) is 6.27. The van der Waals surface area contributed by atoms with Crippen molar-refractivity contribution >= 4 is 22.6 Å². The summed E-state index contributed by atoms with van der Waals surface area (Å²) in [4.78, 5) is 0. The molecule has 0 N–H and O–H groups in total. The fourth-order valence-electron chi connectivity index (χ4n) is 0.909. The van der Waals surface area contributed by atoms with Crippen molar-refractivity contribution in [2.24, 2.45) is 0 Å². The minimum Gasteiger partial charge on any atom is -0.493 e. The highest BCUT2D eigenvalue weighted by molar-refractivity contribution is 14.1. The predicted octanol–water partition coefficient (Wildman–Crippen LogP) is 2.86. The van der Waals surface area contributed by atoms with E-state index in [2.05, 4.69) is 29.2 Å². The minimum absolute atomic E-state index is 0.497. The number of methoxy groups -OCH3 is 1. The van der Waals surface area contributed by atoms with Crippen LogP contribution in [-0.4, -0.2) is 13.7 Å². The van der Waals surface area contributed by atoms with Gasteiger partial charge >= 0.3 is 0 Å². The molecule has 0 amide bonds. The summed E-state index contributed by atoms with van der Waals surface area (Å²) >= 11 is 2.23. The molecule has 70 valence electrons. The normalized spacial score (nSPS) is 9.38. The minimum atomic E-state index is 0.497. The van der Waals surface area contributed by atoms with Crippen LogP contribution in [0.25, 0.3) is 0 Å². The average Bonchev–Trinajstić information content (AvgIpc) is 2.16. The molecule has 0 aromatic heterocycles. The van der Waals surface area contributed by atoms with E-state index in [-0.39, 0.29) is 0 Å². The molecule has 0 radical (unpaired) electrons. The highest BCUT2D eigenvalue weighted by atomic mass is 127. The molecule has 2 nitrogen and oxygen atoms in total. The summed E-state index contributed by atoms with van der Waals surface area (Å²) < 4.78 is 11.7. The number of halogens is 1. The van der Waals surface area contributed by atoms with Gasteiger partial charge in [0, 0.05) is 3.57 Å². The van der Waals surface area contributed by atoms with Crippen molar-refractivity contribution in [2.45, 2.75) is 0 Å². The summed E-state index contributed by atoms with van der Waals surface area (Å²) in [6.45, 7) is 4.08. The Morgan fingerprint density at radius 3 is 2.85 bits per heavy atom. The molecule has 1 aromatic rings. The fourth-order valence-corrected chi connectivity index (χ4v) is 1.37. The molecule has 0 aliphatic rings. The van der Waals surface area contributed by atoms with E-state index in [1.165, 1.54) is 0 Å². The topological polar surface area (TPSA) is 18.5 Å². The Labute approximate surface area is 91.7 Å². The number of hydrogen-bond donors (Lipinski definition) is 0. The van der Waals surface area contributed by atoms with Crippen molar-refractivity contribution in [1.82, 2.24) is 0 Å². The molecule has 0 aliphatic heterocycles. The molecule has 0 fully saturated rings. The van der Waals surface area contributed by atoms with E-state index in [1.807, 2.05) is 18.2 Å². The second-order valence-electron chi connectivity index (χ2n) is 2.39. The first-order valence-electron chi connectivity index (χ1n) is 3.85. The van der Waals surface area contributed by atoms with Gasteiger partial charge in [0.2, 0.25) is 0 Å². The van der Waals surface area contributed by atoms with Gasteiger partial charge in [-0.15, -0.1) is 0 Å². The molecule has 0 saturated heterocycles. The smallest absolute Gasteiger partial charge is 0.161 e. The summed E-state index contributed by atoms with van der Waals surface area (Å²) in [7, 11) is 1.63. The van der Waals surface area contributed by atoms with Gasteiger partial charge in [-0.1, -0.05) is 12.7 Å². The summed E-state index contributed by atoms with van der Waals surface area (Å²) in [5.41, 5.74) is 0. The van der Waals surface area contributed by atoms with Crippen LogP contribution in [0.3, 0.4) is 0 Å². The van der Waals surface area contributed by atoms with Crippen LogP contribution in [0.4, 0.5) is 0 Å². The average molecular weight is 290 g/mol. The largest absolute Gasteiger partial charge is 0.493 e. The second-order valence-corrected chi connectivity index (χ2v) is 3.64. The van der Waals surface area contributed by atoms with Crippen LogP contribution >= 0.6 is 22.6 Å². The van der Waals surface area contributed by atoms with Crippen molar-refractivity contribution in [1.29, 1.82) is 0 Å². The van der Waals surface area contributed by atoms with Crippen molar-refractivity contribution < 1.29 is 9.47 Å². The zero-order chi connectivity index (χ0) is 9.68. The molecule has 3 heteroatoms. The molecule has 0 unspecified atom stereocenters. The van der Waals surface area contributed by atoms with E-state index in [4.69, 9.17) is 9.47 Å². The van der Waals surface area contributed by atoms with Crippen molar-refractivity contribution in [3.05, 3.63) is 34.4 Å². The monoisotopic (exact) mass is 290 g/mol. The van der Waals surface area contributed by atoms with E-state index >= 15 is 0 Å². The number of benzene rings is 1. The van der Waals surface area contributed by atoms with Crippen molar-refractivity contribution in [3.63, 3.8) is 0 Å². The Bertz CT molecular complexity index is 297. The molecule has 1 aromatic carbocycles. The van der Waals surface area contributed by atoms with Crippen LogP contribution < -0.4 is 9.47 Å². The molecule has 0 spiro atoms. The lowest BCUT2D eigenvalue weighted by Gasteiger charge is -2.08. The van der Waals surface area contributed by atoms with Crippen LogP contribution in [0.2, 0.25) is 0 Å². The third-order valence-corrected chi connectivity index (χ3v) is 2.15. The van der Waals surface area contributed by atoms with Crippen molar-refractivity contribution in [2.75, 3.05) is 13.7 Å². The lowest BCUT2D eigenvalue weighted by molar-refractivity contribution is 0.326. The zero-order valence-electron chi connectivity index (χ0n) is 7.42. The van der Waals surface area contributed by atoms with Crippen LogP contribution in [0.1, 0.15) is 0 Å². The van der Waals surface area contributed by atoms with E-state index < -0.39 is 0 Å². The van der Waals surface area contributed by atoms with E-state index in [0.717, 1.165) is 15.1 Å². The highest BCUT2D eigenvalue weighted by Crippen LogP contribution is 2.28. The molecular formula is C10H11IO2. The Kier molecular flexibility index (Phi) is 4.08. The maximum absolute atomic E-state index is 5.39. The van der Waals surface area contributed by atoms with Gasteiger partial charge in [-0.05, 0) is 40.8 Å². The lowest BCUT2D eigenvalue weighted by Crippen LogP contribution is -1.96. The van der Waals surface area contributed by atoms with Crippen LogP contribution in [0.5, 0.6) is 11.5 Å². The summed E-state index contributed by atoms with van der Waals surface area (Å²) in [5.74, 6) is 1.51. The fraction of sp³-hybridized carbons (Fsp3) is 0.200. The lowest BCUT2D eigenvalue weighted by atomic mass is 10.3. The molecule has 0 bridgehead atoms. The zero-order valence-corrected chi connectivity index (χ0v) is 9.58. The first kappa shape index (κ1) is 10.4. The summed E-state index contributed by atoms with van der Waals surface area (Å²) in [5, 5.41) is 0. The van der Waals surface area contributed by atoms with E-state index in [0.29, 0.717) is 6.61 Å². The van der Waals surface area contributed by atoms with Gasteiger partial charge < -0.3 is 9.47 Å². The third kappa shape index (κ3) is 2.91. The molecule has 0 heterocycles. The Balaban J connectivity index is 2.85. The van der Waals surface area contributed by atoms with E-state index in [9.17, 15) is 0 Å². The van der Waals surface area contributed by atoms with Gasteiger partial charge in [0.1, 0.15) is 6.61 Å². The molecule has 1 rings (SSSR count). The van der Waals surface area contributed by atoms with Gasteiger partial charge in [-0.3, -0.25) is 0 Å². The van der Waals surface area contributed by atoms with Crippen molar-refractivity contribution in [3.8, 4) is 11.5 Å². The van der Waals surface area contributed by atoms with Gasteiger partial charge in [-0.25, -0.2) is 0 Å². The predicted molar refractivity (Wildman–Crippen MR) is 61.4 cm³/mol. The quantitative estimate of drug-likeness (QED) is 0.627. The molecule has 0 saturated carbocycles. The van der Waals surface area contributed by atoms with Gasteiger partial charge in [-0.2, -0.15) is 0 Å². The maximum atomic E-state index is 5.39. The number of ether oxygens (including phenoxy) is 2. The third-order valence-electron chi connectivity index (χ3n) is 1.48. The van der Waals surface area contributed by atoms with Crippen LogP contribution in [0, 0.1) is 3.57 Å². The molecule has 0 aliphatic carbocycles. The Morgan fingerprint density at radius 2 is 2.23 bits per heavy atom. The molecule has 0 atom stereocenters. The Hall–Kier alpha value is -0.710. The van der Waals surface area contributed by atoms with E-state index in [1.54, 1.807) is 13.2 Å². The summed E-state index contributed by atoms with van der Waals surface area (Å²) in [6.07, 6.45) is 1.71. The number of rotatable bonds is 4. The second kappa shape index (κ2) is 5.11. The summed E-state index contributed by atoms with van der Waals surface area (Å²) in [6, 6.07) is 5.80. The highest BCUT2D eigenvalue weighted by Gasteiger charge is 2.02. The first-order valence-corrected chi connectivity index (χ1v) is 4.93. The van der Waals surface area contributed by atoms with Gasteiger partial charge in [0.15, 0.2) is 11.5 Å². The van der Waals surface area contributed by atoms with Gasteiger partial charge in [0.25, 0.3) is 0 Å². The molecule has 13 heavy (non-hydrogen) atoms. The van der Waals surface area contributed by atoms with Crippen LogP contribution in [0.15, 0.2) is 30.9 Å². The molecular weight excluding hydrogens is 279 g/mol. The SMILES string of the molecule is C=CCOc1ccc(I)cc1OC. The Morgan fingerprint density at radius 1 is 1.46 bits per heavy atom.